The molecule has 0 aromatic heterocycles. The van der Waals surface area contributed by atoms with Crippen molar-refractivity contribution in [2.45, 2.75) is 6.92 Å². The quantitative estimate of drug-likeness (QED) is 0.372. The van der Waals surface area contributed by atoms with Gasteiger partial charge >= 0.3 is 20.8 Å². The first kappa shape index (κ1) is 19.6. The number of allylic oxidation sites excluding steroid dienone is 1. The van der Waals surface area contributed by atoms with E-state index >= 15 is 0 Å². The Hall–Kier alpha value is -0.940. The highest BCUT2D eigenvalue weighted by molar-refractivity contribution is 7.81. The monoisotopic (exact) mass is 264 g/mol. The van der Waals surface area contributed by atoms with Crippen LogP contribution in [0.3, 0.4) is 0 Å². The molecule has 0 aromatic rings. The molecule has 0 heterocycles. The second-order valence-corrected chi connectivity index (χ2v) is 3.49. The lowest BCUT2D eigenvalue weighted by Gasteiger charge is -1.86. The van der Waals surface area contributed by atoms with Crippen LogP contribution in [-0.2, 0) is 25.0 Å². The van der Waals surface area contributed by atoms with Crippen LogP contribution in [0.2, 0.25) is 0 Å². The summed E-state index contributed by atoms with van der Waals surface area (Å²) < 4.78 is 61.8. The van der Waals surface area contributed by atoms with Crippen LogP contribution in [0.15, 0.2) is 25.5 Å². The highest BCUT2D eigenvalue weighted by Crippen LogP contribution is 1.82. The summed E-state index contributed by atoms with van der Waals surface area (Å²) in [4.78, 5) is 0. The Kier molecular flexibility index (Phi) is 12.6. The molecule has 0 aromatic carbocycles. The average molecular weight is 264 g/mol. The molecule has 0 spiro atoms. The molecular weight excluding hydrogens is 252 g/mol. The molecule has 0 saturated carbocycles. The molecular formula is C5H12O8S2. The van der Waals surface area contributed by atoms with Gasteiger partial charge in [0.05, 0.1) is 0 Å². The molecule has 0 aliphatic heterocycles. The number of hydrogen-bond donors (Lipinski definition) is 3. The van der Waals surface area contributed by atoms with Gasteiger partial charge in [-0.15, -0.1) is 6.58 Å². The molecule has 3 N–H and O–H groups in total. The van der Waals surface area contributed by atoms with Gasteiger partial charge in [0.1, 0.15) is 6.26 Å². The smallest absolute Gasteiger partial charge is 0.370 e. The third kappa shape index (κ3) is 171. The fraction of sp³-hybridized carbons (Fsp3) is 0.200. The topological polar surface area (TPSA) is 138 Å². The molecule has 0 rings (SSSR count). The van der Waals surface area contributed by atoms with Crippen LogP contribution in [0.4, 0.5) is 0 Å². The summed E-state index contributed by atoms with van der Waals surface area (Å²) >= 11 is 0. The molecule has 10 heteroatoms. The normalized spacial score (nSPS) is 9.60. The Labute approximate surface area is 88.4 Å². The third-order valence-electron chi connectivity index (χ3n) is 0.190. The predicted molar refractivity (Wildman–Crippen MR) is 52.9 cm³/mol. The lowest BCUT2D eigenvalue weighted by molar-refractivity contribution is 0.356. The highest BCUT2D eigenvalue weighted by Gasteiger charge is 1.96. The Balaban J connectivity index is -0.000000158. The van der Waals surface area contributed by atoms with Crippen LogP contribution in [0, 0.1) is 0 Å². The molecule has 92 valence electrons. The minimum atomic E-state index is -4.67. The highest BCUT2D eigenvalue weighted by atomic mass is 32.3. The third-order valence-corrected chi connectivity index (χ3v) is 0.569. The summed E-state index contributed by atoms with van der Waals surface area (Å²) in [5.41, 5.74) is 0. The van der Waals surface area contributed by atoms with E-state index in [9.17, 15) is 8.42 Å². The van der Waals surface area contributed by atoms with Crippen molar-refractivity contribution >= 4 is 20.8 Å². The van der Waals surface area contributed by atoms with Gasteiger partial charge in [0.25, 0.3) is 0 Å². The zero-order valence-electron chi connectivity index (χ0n) is 7.77. The lowest BCUT2D eigenvalue weighted by atomic mass is 10.8. The lowest BCUT2D eigenvalue weighted by Crippen LogP contribution is -1.96. The fourth-order valence-electron chi connectivity index (χ4n) is 0.0860. The van der Waals surface area contributed by atoms with Crippen LogP contribution < -0.4 is 0 Å². The molecule has 0 aliphatic rings. The molecule has 0 amide bonds. The van der Waals surface area contributed by atoms with Crippen molar-refractivity contribution in [1.82, 2.24) is 0 Å². The minimum Gasteiger partial charge on any atom is -0.370 e. The van der Waals surface area contributed by atoms with Crippen molar-refractivity contribution in [1.29, 1.82) is 0 Å². The van der Waals surface area contributed by atoms with Crippen LogP contribution in [0.25, 0.3) is 0 Å². The summed E-state index contributed by atoms with van der Waals surface area (Å²) in [7, 11) is -8.96. The van der Waals surface area contributed by atoms with Gasteiger partial charge in [-0.2, -0.15) is 16.8 Å². The first-order valence-electron chi connectivity index (χ1n) is 3.01. The molecule has 0 radical (unpaired) electrons. The first-order valence-corrected chi connectivity index (χ1v) is 5.77. The summed E-state index contributed by atoms with van der Waals surface area (Å²) in [6, 6.07) is 0. The van der Waals surface area contributed by atoms with Crippen molar-refractivity contribution < 1.29 is 34.7 Å². The molecule has 0 unspecified atom stereocenters. The van der Waals surface area contributed by atoms with E-state index < -0.39 is 20.8 Å². The standard InChI is InChI=1S/C3H6.C2H4O4S.H2O4S/c1-3-2;1-2-6-7(3,4)5;1-5(2,3)4/h3H,1H2,2H3;2H,1H2,(H,3,4,5);(H2,1,2,3,4). The Bertz CT molecular complexity index is 342. The van der Waals surface area contributed by atoms with Gasteiger partial charge < -0.3 is 4.18 Å². The maximum absolute atomic E-state index is 9.49. The van der Waals surface area contributed by atoms with E-state index in [1.54, 1.807) is 6.08 Å². The van der Waals surface area contributed by atoms with E-state index in [0.717, 1.165) is 0 Å². The molecule has 0 saturated heterocycles. The van der Waals surface area contributed by atoms with Crippen LogP contribution in [0.1, 0.15) is 6.92 Å². The van der Waals surface area contributed by atoms with Gasteiger partial charge in [0.15, 0.2) is 0 Å². The zero-order chi connectivity index (χ0) is 13.1. The van der Waals surface area contributed by atoms with E-state index in [0.29, 0.717) is 6.26 Å². The molecule has 0 fully saturated rings. The first-order chi connectivity index (χ1) is 6.47. The van der Waals surface area contributed by atoms with Gasteiger partial charge in [-0.05, 0) is 6.92 Å². The molecule has 15 heavy (non-hydrogen) atoms. The molecule has 0 bridgehead atoms. The van der Waals surface area contributed by atoms with Crippen LogP contribution >= 0.6 is 0 Å². The van der Waals surface area contributed by atoms with E-state index in [4.69, 9.17) is 22.1 Å². The minimum absolute atomic E-state index is 0.620. The predicted octanol–water partition coefficient (Wildman–Crippen LogP) is 0.489. The Morgan fingerprint density at radius 3 is 1.27 bits per heavy atom. The van der Waals surface area contributed by atoms with Crippen molar-refractivity contribution in [2.75, 3.05) is 0 Å². The summed E-state index contributed by atoms with van der Waals surface area (Å²) in [6.07, 6.45) is 2.37. The van der Waals surface area contributed by atoms with Gasteiger partial charge in [0.2, 0.25) is 0 Å². The van der Waals surface area contributed by atoms with E-state index in [1.807, 2.05) is 6.92 Å². The largest absolute Gasteiger partial charge is 0.445 e. The number of hydrogen-bond acceptors (Lipinski definition) is 5. The van der Waals surface area contributed by atoms with Gasteiger partial charge in [-0.1, -0.05) is 12.7 Å². The second kappa shape index (κ2) is 9.61. The summed E-state index contributed by atoms with van der Waals surface area (Å²) in [6.45, 7) is 8.13. The fourth-order valence-corrected chi connectivity index (χ4v) is 0.258. The SMILES string of the molecule is C=CC.C=COS(=O)(=O)O.O=S(=O)(O)O. The average Bonchev–Trinajstić information content (AvgIpc) is 1.80. The van der Waals surface area contributed by atoms with E-state index in [-0.39, 0.29) is 0 Å². The Morgan fingerprint density at radius 1 is 1.07 bits per heavy atom. The molecule has 8 nitrogen and oxygen atoms in total. The maximum atomic E-state index is 9.49. The summed E-state index contributed by atoms with van der Waals surface area (Å²) in [5.74, 6) is 0. The van der Waals surface area contributed by atoms with Gasteiger partial charge in [-0.3, -0.25) is 13.7 Å². The second-order valence-electron chi connectivity index (χ2n) is 1.55. The van der Waals surface area contributed by atoms with Gasteiger partial charge in [0, 0.05) is 0 Å². The van der Waals surface area contributed by atoms with Crippen molar-refractivity contribution in [3.63, 3.8) is 0 Å². The molecule has 0 aliphatic carbocycles. The Morgan fingerprint density at radius 2 is 1.27 bits per heavy atom. The summed E-state index contributed by atoms with van der Waals surface area (Å²) in [5, 5.41) is 0. The zero-order valence-corrected chi connectivity index (χ0v) is 9.40. The maximum Gasteiger partial charge on any atom is 0.445 e. The molecule has 0 atom stereocenters. The van der Waals surface area contributed by atoms with E-state index in [1.165, 1.54) is 0 Å². The van der Waals surface area contributed by atoms with Crippen molar-refractivity contribution in [2.24, 2.45) is 0 Å². The van der Waals surface area contributed by atoms with E-state index in [2.05, 4.69) is 17.3 Å². The van der Waals surface area contributed by atoms with Crippen molar-refractivity contribution in [3.8, 4) is 0 Å². The number of rotatable bonds is 2. The van der Waals surface area contributed by atoms with Crippen molar-refractivity contribution in [3.05, 3.63) is 25.5 Å². The van der Waals surface area contributed by atoms with Crippen LogP contribution in [0.5, 0.6) is 0 Å². The van der Waals surface area contributed by atoms with Gasteiger partial charge in [-0.25, -0.2) is 0 Å². The van der Waals surface area contributed by atoms with Crippen LogP contribution in [-0.4, -0.2) is 30.5 Å².